The molecule has 0 spiro atoms. The smallest absolute Gasteiger partial charge is 0.269 e. The van der Waals surface area contributed by atoms with Crippen molar-refractivity contribution in [2.24, 2.45) is 0 Å². The lowest BCUT2D eigenvalue weighted by atomic mass is 10.2. The van der Waals surface area contributed by atoms with E-state index in [0.717, 1.165) is 16.1 Å². The third-order valence-electron chi connectivity index (χ3n) is 4.19. The van der Waals surface area contributed by atoms with Crippen molar-refractivity contribution in [1.29, 1.82) is 0 Å². The van der Waals surface area contributed by atoms with Gasteiger partial charge in [-0.2, -0.15) is 5.10 Å². The van der Waals surface area contributed by atoms with Gasteiger partial charge in [0, 0.05) is 42.9 Å². The third-order valence-corrected chi connectivity index (χ3v) is 5.20. The first-order valence-corrected chi connectivity index (χ1v) is 9.86. The maximum atomic E-state index is 12.3. The average molecular weight is 411 g/mol. The third kappa shape index (κ3) is 5.58. The first-order chi connectivity index (χ1) is 13.9. The molecule has 9 heteroatoms. The molecule has 8 nitrogen and oxygen atoms in total. The molecule has 1 heterocycles. The van der Waals surface area contributed by atoms with Gasteiger partial charge < -0.3 is 10.2 Å². The van der Waals surface area contributed by atoms with Crippen LogP contribution in [0, 0.1) is 10.1 Å². The molecule has 3 rings (SSSR count). The summed E-state index contributed by atoms with van der Waals surface area (Å²) >= 11 is 1.32. The molecule has 0 radical (unpaired) electrons. The summed E-state index contributed by atoms with van der Waals surface area (Å²) in [6.45, 7) is 0.547. The molecule has 0 aliphatic rings. The molecule has 29 heavy (non-hydrogen) atoms. The normalized spacial score (nSPS) is 10.6. The zero-order chi connectivity index (χ0) is 20.8. The highest BCUT2D eigenvalue weighted by Gasteiger charge is 2.10. The second-order valence-electron chi connectivity index (χ2n) is 6.52. The van der Waals surface area contributed by atoms with Crippen LogP contribution in [0.4, 0.5) is 17.2 Å². The molecular formula is C20H21N5O3S. The van der Waals surface area contributed by atoms with Crippen LogP contribution in [0.3, 0.4) is 0 Å². The Morgan fingerprint density at radius 1 is 1.14 bits per heavy atom. The van der Waals surface area contributed by atoms with Gasteiger partial charge in [-0.25, -0.2) is 4.68 Å². The molecular weight excluding hydrogens is 390 g/mol. The van der Waals surface area contributed by atoms with Gasteiger partial charge in [0.2, 0.25) is 5.91 Å². The number of hydrogen-bond acceptors (Lipinski definition) is 6. The minimum Gasteiger partial charge on any atom is -0.378 e. The van der Waals surface area contributed by atoms with Gasteiger partial charge in [0.15, 0.2) is 0 Å². The number of amides is 1. The molecule has 150 valence electrons. The molecule has 0 saturated carbocycles. The Bertz CT molecular complexity index is 984. The van der Waals surface area contributed by atoms with Crippen LogP contribution in [0.15, 0.2) is 65.7 Å². The van der Waals surface area contributed by atoms with E-state index in [1.165, 1.54) is 23.9 Å². The number of non-ortho nitro benzene ring substituents is 1. The number of benzene rings is 2. The van der Waals surface area contributed by atoms with E-state index in [2.05, 4.69) is 10.4 Å². The van der Waals surface area contributed by atoms with Crippen LogP contribution in [-0.2, 0) is 11.3 Å². The minimum absolute atomic E-state index is 0.0290. The Labute approximate surface area is 172 Å². The van der Waals surface area contributed by atoms with E-state index in [0.29, 0.717) is 12.4 Å². The van der Waals surface area contributed by atoms with Crippen LogP contribution in [0.5, 0.6) is 0 Å². The number of aromatic nitrogens is 2. The molecule has 0 aliphatic carbocycles. The molecule has 0 bridgehead atoms. The maximum absolute atomic E-state index is 12.3. The molecule has 0 fully saturated rings. The number of nitrogens with one attached hydrogen (secondary N) is 1. The minimum atomic E-state index is -0.448. The van der Waals surface area contributed by atoms with Gasteiger partial charge in [-0.3, -0.25) is 14.9 Å². The van der Waals surface area contributed by atoms with Crippen LogP contribution in [0.1, 0.15) is 5.56 Å². The summed E-state index contributed by atoms with van der Waals surface area (Å²) in [4.78, 5) is 25.4. The van der Waals surface area contributed by atoms with E-state index in [4.69, 9.17) is 0 Å². The second-order valence-corrected chi connectivity index (χ2v) is 7.57. The van der Waals surface area contributed by atoms with E-state index in [1.807, 2.05) is 43.3 Å². The Morgan fingerprint density at radius 2 is 1.83 bits per heavy atom. The number of nitrogens with zero attached hydrogens (tertiary/aromatic N) is 4. The van der Waals surface area contributed by atoms with Crippen molar-refractivity contribution < 1.29 is 9.72 Å². The molecule has 3 aromatic rings. The zero-order valence-corrected chi connectivity index (χ0v) is 16.9. The van der Waals surface area contributed by atoms with E-state index in [-0.39, 0.29) is 17.3 Å². The quantitative estimate of drug-likeness (QED) is 0.346. The summed E-state index contributed by atoms with van der Waals surface area (Å²) in [5, 5.41) is 17.8. The highest BCUT2D eigenvalue weighted by Crippen LogP contribution is 2.22. The van der Waals surface area contributed by atoms with Gasteiger partial charge in [-0.15, -0.1) is 11.8 Å². The Hall–Kier alpha value is -3.33. The number of nitro benzene ring substituents is 1. The van der Waals surface area contributed by atoms with Crippen molar-refractivity contribution in [3.8, 4) is 0 Å². The summed E-state index contributed by atoms with van der Waals surface area (Å²) in [7, 11) is 3.98. The van der Waals surface area contributed by atoms with Crippen LogP contribution in [0.2, 0.25) is 0 Å². The highest BCUT2D eigenvalue weighted by atomic mass is 32.2. The predicted molar refractivity (Wildman–Crippen MR) is 115 cm³/mol. The average Bonchev–Trinajstić information content (AvgIpc) is 3.13. The lowest BCUT2D eigenvalue weighted by Gasteiger charge is -2.13. The van der Waals surface area contributed by atoms with Gasteiger partial charge in [-0.1, -0.05) is 12.1 Å². The lowest BCUT2D eigenvalue weighted by molar-refractivity contribution is -0.384. The van der Waals surface area contributed by atoms with Crippen molar-refractivity contribution in [2.45, 2.75) is 11.4 Å². The fourth-order valence-corrected chi connectivity index (χ4v) is 3.33. The van der Waals surface area contributed by atoms with Gasteiger partial charge in [-0.05, 0) is 29.8 Å². The van der Waals surface area contributed by atoms with Crippen LogP contribution in [-0.4, -0.2) is 40.5 Å². The molecule has 0 aliphatic heterocycles. The largest absolute Gasteiger partial charge is 0.378 e. The number of rotatable bonds is 8. The Morgan fingerprint density at radius 3 is 2.45 bits per heavy atom. The zero-order valence-electron chi connectivity index (χ0n) is 16.1. The van der Waals surface area contributed by atoms with E-state index >= 15 is 0 Å². The SMILES string of the molecule is CN(C)c1ccc(Cn2nccc2NC(=O)CSc2ccc([N+](=O)[O-])cc2)cc1. The van der Waals surface area contributed by atoms with Crippen LogP contribution >= 0.6 is 11.8 Å². The number of thioether (sulfide) groups is 1. The first-order valence-electron chi connectivity index (χ1n) is 8.87. The molecule has 0 atom stereocenters. The summed E-state index contributed by atoms with van der Waals surface area (Å²) in [6, 6.07) is 16.0. The maximum Gasteiger partial charge on any atom is 0.269 e. The van der Waals surface area contributed by atoms with Crippen molar-refractivity contribution in [1.82, 2.24) is 9.78 Å². The first kappa shape index (κ1) is 20.4. The fourth-order valence-electron chi connectivity index (χ4n) is 2.63. The van der Waals surface area contributed by atoms with Crippen molar-refractivity contribution >= 4 is 34.9 Å². The number of carbonyl (C=O) groups is 1. The predicted octanol–water partition coefficient (Wildman–Crippen LogP) is 3.64. The van der Waals surface area contributed by atoms with E-state index < -0.39 is 4.92 Å². The Balaban J connectivity index is 1.56. The van der Waals surface area contributed by atoms with Gasteiger partial charge in [0.1, 0.15) is 5.82 Å². The van der Waals surface area contributed by atoms with Crippen molar-refractivity contribution in [2.75, 3.05) is 30.1 Å². The molecule has 1 N–H and O–H groups in total. The summed E-state index contributed by atoms with van der Waals surface area (Å²) in [5.74, 6) is 0.648. The summed E-state index contributed by atoms with van der Waals surface area (Å²) < 4.78 is 1.74. The topological polar surface area (TPSA) is 93.3 Å². The van der Waals surface area contributed by atoms with E-state index in [9.17, 15) is 14.9 Å². The number of anilines is 2. The molecule has 1 aromatic heterocycles. The summed E-state index contributed by atoms with van der Waals surface area (Å²) in [5.41, 5.74) is 2.22. The molecule has 1 amide bonds. The van der Waals surface area contributed by atoms with Crippen molar-refractivity contribution in [3.63, 3.8) is 0 Å². The lowest BCUT2D eigenvalue weighted by Crippen LogP contribution is -2.17. The van der Waals surface area contributed by atoms with E-state index in [1.54, 1.807) is 29.1 Å². The molecule has 0 saturated heterocycles. The van der Waals surface area contributed by atoms with Gasteiger partial charge >= 0.3 is 0 Å². The number of carbonyl (C=O) groups excluding carboxylic acids is 1. The highest BCUT2D eigenvalue weighted by molar-refractivity contribution is 8.00. The van der Waals surface area contributed by atoms with Crippen LogP contribution < -0.4 is 10.2 Å². The van der Waals surface area contributed by atoms with Crippen molar-refractivity contribution in [3.05, 3.63) is 76.5 Å². The number of hydrogen-bond donors (Lipinski definition) is 1. The second kappa shape index (κ2) is 9.24. The number of nitro groups is 1. The monoisotopic (exact) mass is 411 g/mol. The standard InChI is InChI=1S/C20H21N5O3S/c1-23(2)16-5-3-15(4-6-16)13-24-19(11-12-21-24)22-20(26)14-29-18-9-7-17(8-10-18)25(27)28/h3-12H,13-14H2,1-2H3,(H,22,26). The Kier molecular flexibility index (Phi) is 6.50. The fraction of sp³-hybridized carbons (Fsp3) is 0.200. The molecule has 0 unspecified atom stereocenters. The molecule has 2 aromatic carbocycles. The van der Waals surface area contributed by atoms with Crippen LogP contribution in [0.25, 0.3) is 0 Å². The van der Waals surface area contributed by atoms with Gasteiger partial charge in [0.05, 0.1) is 23.4 Å². The van der Waals surface area contributed by atoms with Gasteiger partial charge in [0.25, 0.3) is 5.69 Å². The summed E-state index contributed by atoms with van der Waals surface area (Å²) in [6.07, 6.45) is 1.65.